The van der Waals surface area contributed by atoms with Crippen LogP contribution in [0.3, 0.4) is 0 Å². The van der Waals surface area contributed by atoms with Crippen LogP contribution in [-0.2, 0) is 4.79 Å². The minimum atomic E-state index is -0.321. The number of nitrogens with zero attached hydrogens (tertiary/aromatic N) is 1. The van der Waals surface area contributed by atoms with Crippen LogP contribution < -0.4 is 5.32 Å². The third-order valence-electron chi connectivity index (χ3n) is 8.76. The highest BCUT2D eigenvalue weighted by molar-refractivity contribution is 5.96. The fraction of sp³-hybridized carbons (Fsp3) is 0.913. The van der Waals surface area contributed by atoms with Crippen LogP contribution in [0.5, 0.6) is 0 Å². The third-order valence-corrected chi connectivity index (χ3v) is 8.76. The number of carbonyl (C=O) groups is 2. The zero-order chi connectivity index (χ0) is 19.6. The summed E-state index contributed by atoms with van der Waals surface area (Å²) in [7, 11) is 0. The molecule has 3 saturated carbocycles. The van der Waals surface area contributed by atoms with E-state index in [0.717, 1.165) is 24.7 Å². The number of fused-ring (bicyclic) bond motifs is 5. The Morgan fingerprint density at radius 2 is 1.78 bits per heavy atom. The maximum absolute atomic E-state index is 13.0. The second-order valence-electron chi connectivity index (χ2n) is 11.5. The van der Waals surface area contributed by atoms with Gasteiger partial charge in [-0.3, -0.25) is 9.69 Å². The quantitative estimate of drug-likeness (QED) is 0.640. The van der Waals surface area contributed by atoms with E-state index in [-0.39, 0.29) is 28.9 Å². The number of amides is 3. The minimum absolute atomic E-state index is 0.0270. The highest BCUT2D eigenvalue weighted by atomic mass is 16.2. The highest BCUT2D eigenvalue weighted by Crippen LogP contribution is 2.64. The number of rotatable bonds is 0. The minimum Gasteiger partial charge on any atom is -0.333 e. The van der Waals surface area contributed by atoms with Gasteiger partial charge in [0.05, 0.1) is 0 Å². The van der Waals surface area contributed by atoms with Crippen molar-refractivity contribution in [1.82, 2.24) is 10.2 Å². The van der Waals surface area contributed by atoms with Crippen LogP contribution in [-0.4, -0.2) is 28.4 Å². The Morgan fingerprint density at radius 3 is 2.48 bits per heavy atom. The van der Waals surface area contributed by atoms with E-state index in [0.29, 0.717) is 17.8 Å². The highest BCUT2D eigenvalue weighted by Gasteiger charge is 2.60. The van der Waals surface area contributed by atoms with Gasteiger partial charge in [0.1, 0.15) is 0 Å². The Labute approximate surface area is 164 Å². The molecular weight excluding hydrogens is 336 g/mol. The van der Waals surface area contributed by atoms with Crippen LogP contribution in [0.4, 0.5) is 4.79 Å². The molecule has 0 aromatic heterocycles. The number of hydrogen-bond donors (Lipinski definition) is 1. The average molecular weight is 375 g/mol. The van der Waals surface area contributed by atoms with Gasteiger partial charge in [0.15, 0.2) is 0 Å². The van der Waals surface area contributed by atoms with Crippen molar-refractivity contribution in [1.29, 1.82) is 0 Å². The summed E-state index contributed by atoms with van der Waals surface area (Å²) < 4.78 is 0. The molecule has 1 aliphatic heterocycles. The van der Waals surface area contributed by atoms with E-state index in [1.807, 2.05) is 20.8 Å². The molecule has 4 aliphatic rings. The smallest absolute Gasteiger partial charge is 0.324 e. The Bertz CT molecular complexity index is 639. The van der Waals surface area contributed by atoms with Crippen molar-refractivity contribution < 1.29 is 9.59 Å². The molecule has 0 spiro atoms. The van der Waals surface area contributed by atoms with Crippen molar-refractivity contribution in [3.63, 3.8) is 0 Å². The van der Waals surface area contributed by atoms with Crippen molar-refractivity contribution in [3.05, 3.63) is 0 Å². The number of carbonyl (C=O) groups excluding carboxylic acids is 2. The molecule has 4 heteroatoms. The number of likely N-dealkylation sites (tertiary alicyclic amines) is 1. The van der Waals surface area contributed by atoms with E-state index in [1.54, 1.807) is 4.90 Å². The molecular formula is C23H38N2O2. The lowest BCUT2D eigenvalue weighted by atomic mass is 9.47. The standard InChI is InChI=1S/C23H38N2O2/c1-21(2,3)24-20(27)25-18-9-8-15-16-7-6-12-22(16,4)13-10-17(15)23(18,5)14-11-19(25)26/h15-18H,6-14H2,1-5H3,(H,24,27)/t15-,16-,17-,18+,22-,23+/m0/s1. The summed E-state index contributed by atoms with van der Waals surface area (Å²) in [6, 6.07) is -0.100. The summed E-state index contributed by atoms with van der Waals surface area (Å²) in [5, 5.41) is 3.05. The number of nitrogens with one attached hydrogen (secondary N) is 1. The van der Waals surface area contributed by atoms with Gasteiger partial charge in [-0.15, -0.1) is 0 Å². The summed E-state index contributed by atoms with van der Waals surface area (Å²) in [4.78, 5) is 27.4. The lowest BCUT2D eigenvalue weighted by Gasteiger charge is -2.61. The molecule has 1 heterocycles. The molecule has 3 amide bonds. The van der Waals surface area contributed by atoms with Crippen molar-refractivity contribution >= 4 is 11.9 Å². The first kappa shape index (κ1) is 19.3. The summed E-state index contributed by atoms with van der Waals surface area (Å²) in [6.45, 7) is 10.9. The van der Waals surface area contributed by atoms with Crippen LogP contribution >= 0.6 is 0 Å². The Balaban J connectivity index is 1.61. The normalized spacial score (nSPS) is 44.3. The Hall–Kier alpha value is -1.06. The fourth-order valence-corrected chi connectivity index (χ4v) is 7.51. The zero-order valence-corrected chi connectivity index (χ0v) is 17.9. The number of piperidine rings is 1. The van der Waals surface area contributed by atoms with E-state index in [2.05, 4.69) is 19.2 Å². The van der Waals surface area contributed by atoms with Crippen LogP contribution in [0, 0.1) is 28.6 Å². The number of hydrogen-bond acceptors (Lipinski definition) is 2. The third kappa shape index (κ3) is 3.02. The molecule has 4 nitrogen and oxygen atoms in total. The van der Waals surface area contributed by atoms with Gasteiger partial charge in [-0.25, -0.2) is 4.79 Å². The fourth-order valence-electron chi connectivity index (χ4n) is 7.51. The number of urea groups is 1. The molecule has 4 rings (SSSR count). The molecule has 0 aromatic carbocycles. The van der Waals surface area contributed by atoms with Crippen LogP contribution in [0.2, 0.25) is 0 Å². The van der Waals surface area contributed by atoms with Crippen molar-refractivity contribution in [2.75, 3.05) is 0 Å². The first-order valence-corrected chi connectivity index (χ1v) is 11.2. The summed E-state index contributed by atoms with van der Waals surface area (Å²) in [5.74, 6) is 2.36. The Kier molecular flexibility index (Phi) is 4.44. The van der Waals surface area contributed by atoms with E-state index < -0.39 is 0 Å². The molecule has 4 fully saturated rings. The van der Waals surface area contributed by atoms with Crippen molar-refractivity contribution in [3.8, 4) is 0 Å². The van der Waals surface area contributed by atoms with Gasteiger partial charge < -0.3 is 5.32 Å². The van der Waals surface area contributed by atoms with Crippen LogP contribution in [0.15, 0.2) is 0 Å². The van der Waals surface area contributed by atoms with Gasteiger partial charge in [0.2, 0.25) is 5.91 Å². The molecule has 3 aliphatic carbocycles. The monoisotopic (exact) mass is 374 g/mol. The molecule has 152 valence electrons. The molecule has 1 saturated heterocycles. The predicted octanol–water partition coefficient (Wildman–Crippen LogP) is 5.12. The molecule has 0 unspecified atom stereocenters. The van der Waals surface area contributed by atoms with E-state index >= 15 is 0 Å². The molecule has 6 atom stereocenters. The first-order valence-electron chi connectivity index (χ1n) is 11.2. The van der Waals surface area contributed by atoms with Crippen molar-refractivity contribution in [2.24, 2.45) is 28.6 Å². The van der Waals surface area contributed by atoms with Gasteiger partial charge in [0.25, 0.3) is 0 Å². The number of imide groups is 1. The van der Waals surface area contributed by atoms with Gasteiger partial charge in [-0.2, -0.15) is 0 Å². The molecule has 0 radical (unpaired) electrons. The summed E-state index contributed by atoms with van der Waals surface area (Å²) >= 11 is 0. The van der Waals surface area contributed by atoms with E-state index in [9.17, 15) is 9.59 Å². The second kappa shape index (κ2) is 6.22. The lowest BCUT2D eigenvalue weighted by Crippen LogP contribution is -2.65. The first-order chi connectivity index (χ1) is 12.6. The average Bonchev–Trinajstić information content (AvgIpc) is 2.95. The van der Waals surface area contributed by atoms with Gasteiger partial charge in [-0.1, -0.05) is 20.3 Å². The SMILES string of the molecule is CC(C)(C)NC(=O)N1C(=O)CC[C@]2(C)[C@H]3CC[C@]4(C)CCC[C@H]4[C@@H]3CC[C@@H]12. The predicted molar refractivity (Wildman–Crippen MR) is 107 cm³/mol. The van der Waals surface area contributed by atoms with Gasteiger partial charge in [-0.05, 0) is 94.3 Å². The zero-order valence-electron chi connectivity index (χ0n) is 17.9. The van der Waals surface area contributed by atoms with E-state index in [1.165, 1.54) is 38.5 Å². The summed E-state index contributed by atoms with van der Waals surface area (Å²) in [6.07, 6.45) is 10.5. The maximum atomic E-state index is 13.0. The second-order valence-corrected chi connectivity index (χ2v) is 11.5. The van der Waals surface area contributed by atoms with Gasteiger partial charge >= 0.3 is 6.03 Å². The molecule has 1 N–H and O–H groups in total. The molecule has 27 heavy (non-hydrogen) atoms. The topological polar surface area (TPSA) is 49.4 Å². The van der Waals surface area contributed by atoms with Crippen molar-refractivity contribution in [2.45, 2.75) is 104 Å². The summed E-state index contributed by atoms with van der Waals surface area (Å²) in [5.41, 5.74) is 0.326. The van der Waals surface area contributed by atoms with Crippen LogP contribution in [0.25, 0.3) is 0 Å². The lowest BCUT2D eigenvalue weighted by molar-refractivity contribution is -0.153. The molecule has 0 aromatic rings. The Morgan fingerprint density at radius 1 is 1.04 bits per heavy atom. The largest absolute Gasteiger partial charge is 0.333 e. The molecule has 0 bridgehead atoms. The van der Waals surface area contributed by atoms with E-state index in [4.69, 9.17) is 0 Å². The maximum Gasteiger partial charge on any atom is 0.324 e. The van der Waals surface area contributed by atoms with Gasteiger partial charge in [0, 0.05) is 18.0 Å². The van der Waals surface area contributed by atoms with Crippen LogP contribution in [0.1, 0.15) is 92.4 Å².